The molecule has 7 heteroatoms. The van der Waals surface area contributed by atoms with E-state index in [1.54, 1.807) is 39.5 Å². The summed E-state index contributed by atoms with van der Waals surface area (Å²) in [5.74, 6) is 2.20. The number of rotatable bonds is 6. The van der Waals surface area contributed by atoms with Gasteiger partial charge in [-0.25, -0.2) is 0 Å². The largest absolute Gasteiger partial charge is 0.493 e. The third-order valence-electron chi connectivity index (χ3n) is 4.51. The molecular weight excluding hydrogens is 352 g/mol. The minimum Gasteiger partial charge on any atom is -0.493 e. The molecule has 0 saturated heterocycles. The summed E-state index contributed by atoms with van der Waals surface area (Å²) in [6.07, 6.45) is -0.550. The lowest BCUT2D eigenvalue weighted by molar-refractivity contribution is -0.148. The van der Waals surface area contributed by atoms with Crippen molar-refractivity contribution in [2.45, 2.75) is 12.5 Å². The van der Waals surface area contributed by atoms with E-state index in [9.17, 15) is 4.79 Å². The second-order valence-electron chi connectivity index (χ2n) is 5.88. The van der Waals surface area contributed by atoms with Gasteiger partial charge in [-0.15, -0.1) is 0 Å². The molecule has 2 aromatic rings. The second-order valence-corrected chi connectivity index (χ2v) is 5.88. The van der Waals surface area contributed by atoms with Crippen LogP contribution < -0.4 is 23.7 Å². The van der Waals surface area contributed by atoms with Gasteiger partial charge in [-0.3, -0.25) is 4.79 Å². The van der Waals surface area contributed by atoms with Crippen molar-refractivity contribution in [3.63, 3.8) is 0 Å². The molecule has 0 N–H and O–H groups in total. The maximum atomic E-state index is 12.2. The summed E-state index contributed by atoms with van der Waals surface area (Å²) in [5.41, 5.74) is 2.22. The Morgan fingerprint density at radius 3 is 2.07 bits per heavy atom. The molecule has 1 heterocycles. The zero-order valence-corrected chi connectivity index (χ0v) is 16.0. The Bertz CT molecular complexity index is 860. The Morgan fingerprint density at radius 2 is 1.48 bits per heavy atom. The van der Waals surface area contributed by atoms with E-state index < -0.39 is 6.10 Å². The second kappa shape index (κ2) is 7.65. The summed E-state index contributed by atoms with van der Waals surface area (Å²) in [5, 5.41) is 0. The number of cyclic esters (lactones) is 1. The molecule has 1 aliphatic heterocycles. The van der Waals surface area contributed by atoms with E-state index in [1.807, 2.05) is 6.07 Å². The van der Waals surface area contributed by atoms with Gasteiger partial charge in [-0.1, -0.05) is 6.07 Å². The average Bonchev–Trinajstić information content (AvgIpc) is 2.70. The van der Waals surface area contributed by atoms with Gasteiger partial charge >= 0.3 is 5.97 Å². The number of methoxy groups -OCH3 is 5. The summed E-state index contributed by atoms with van der Waals surface area (Å²) in [6, 6.07) is 7.15. The molecule has 0 aliphatic carbocycles. The first-order valence-corrected chi connectivity index (χ1v) is 8.31. The van der Waals surface area contributed by atoms with Crippen LogP contribution in [0.2, 0.25) is 0 Å². The molecule has 1 aliphatic rings. The Balaban J connectivity index is 2.22. The summed E-state index contributed by atoms with van der Waals surface area (Å²) in [6.45, 7) is 0. The standard InChI is InChI=1S/C20H22O7/c1-22-13-7-6-11(8-14(13)23-2)18-17-12(10-16(21)27-18)9-15(24-3)19(25-4)20(17)26-5/h6-9,18H,10H2,1-5H3/t18-/m0/s1. The Hall–Kier alpha value is -3.09. The van der Waals surface area contributed by atoms with E-state index in [1.165, 1.54) is 14.2 Å². The lowest BCUT2D eigenvalue weighted by atomic mass is 9.91. The molecule has 0 fully saturated rings. The number of carbonyl (C=O) groups is 1. The van der Waals surface area contributed by atoms with Crippen LogP contribution in [0.1, 0.15) is 22.8 Å². The minimum absolute atomic E-state index is 0.121. The van der Waals surface area contributed by atoms with Gasteiger partial charge in [0.15, 0.2) is 29.1 Å². The first-order chi connectivity index (χ1) is 13.1. The molecular formula is C20H22O7. The van der Waals surface area contributed by atoms with E-state index >= 15 is 0 Å². The zero-order chi connectivity index (χ0) is 19.6. The van der Waals surface area contributed by atoms with Crippen LogP contribution >= 0.6 is 0 Å². The first kappa shape index (κ1) is 18.7. The Kier molecular flexibility index (Phi) is 5.30. The van der Waals surface area contributed by atoms with Crippen LogP contribution in [-0.2, 0) is 16.0 Å². The smallest absolute Gasteiger partial charge is 0.311 e. The van der Waals surface area contributed by atoms with Crippen molar-refractivity contribution in [3.05, 3.63) is 41.0 Å². The van der Waals surface area contributed by atoms with Crippen LogP contribution in [0.3, 0.4) is 0 Å². The van der Waals surface area contributed by atoms with Crippen molar-refractivity contribution < 1.29 is 33.2 Å². The van der Waals surface area contributed by atoms with Crippen molar-refractivity contribution in [3.8, 4) is 28.7 Å². The van der Waals surface area contributed by atoms with Gasteiger partial charge in [-0.2, -0.15) is 0 Å². The van der Waals surface area contributed by atoms with Gasteiger partial charge in [0.05, 0.1) is 42.0 Å². The van der Waals surface area contributed by atoms with Gasteiger partial charge in [-0.05, 0) is 23.8 Å². The van der Waals surface area contributed by atoms with Crippen molar-refractivity contribution >= 4 is 5.97 Å². The number of esters is 1. The van der Waals surface area contributed by atoms with Crippen LogP contribution in [0, 0.1) is 0 Å². The fraction of sp³-hybridized carbons (Fsp3) is 0.350. The predicted molar refractivity (Wildman–Crippen MR) is 97.3 cm³/mol. The van der Waals surface area contributed by atoms with Crippen molar-refractivity contribution in [2.75, 3.05) is 35.5 Å². The molecule has 144 valence electrons. The highest BCUT2D eigenvalue weighted by atomic mass is 16.6. The highest BCUT2D eigenvalue weighted by molar-refractivity contribution is 5.78. The third kappa shape index (κ3) is 3.20. The Labute approximate surface area is 157 Å². The maximum Gasteiger partial charge on any atom is 0.311 e. The maximum absolute atomic E-state index is 12.2. The van der Waals surface area contributed by atoms with Gasteiger partial charge in [0.1, 0.15) is 0 Å². The monoisotopic (exact) mass is 374 g/mol. The highest BCUT2D eigenvalue weighted by Gasteiger charge is 2.35. The lowest BCUT2D eigenvalue weighted by Crippen LogP contribution is -2.23. The number of benzene rings is 2. The van der Waals surface area contributed by atoms with E-state index in [0.29, 0.717) is 28.7 Å². The van der Waals surface area contributed by atoms with Crippen molar-refractivity contribution in [1.82, 2.24) is 0 Å². The summed E-state index contributed by atoms with van der Waals surface area (Å²) < 4.78 is 32.8. The topological polar surface area (TPSA) is 72.5 Å². The van der Waals surface area contributed by atoms with Crippen molar-refractivity contribution in [1.29, 1.82) is 0 Å². The highest BCUT2D eigenvalue weighted by Crippen LogP contribution is 2.49. The molecule has 0 saturated carbocycles. The predicted octanol–water partition coefficient (Wildman–Crippen LogP) is 2.92. The molecule has 27 heavy (non-hydrogen) atoms. The molecule has 7 nitrogen and oxygen atoms in total. The van der Waals surface area contributed by atoms with Gasteiger partial charge in [0.25, 0.3) is 0 Å². The summed E-state index contributed by atoms with van der Waals surface area (Å²) >= 11 is 0. The molecule has 0 unspecified atom stereocenters. The van der Waals surface area contributed by atoms with Crippen LogP contribution in [0.5, 0.6) is 28.7 Å². The number of hydrogen-bond donors (Lipinski definition) is 0. The quantitative estimate of drug-likeness (QED) is 0.720. The van der Waals surface area contributed by atoms with E-state index in [2.05, 4.69) is 0 Å². The fourth-order valence-electron chi connectivity index (χ4n) is 3.30. The normalized spacial score (nSPS) is 15.4. The molecule has 0 radical (unpaired) electrons. The SMILES string of the molecule is COc1ccc([C@@H]2OC(=O)Cc3cc(OC)c(OC)c(OC)c32)cc1OC. The number of hydrogen-bond acceptors (Lipinski definition) is 7. The third-order valence-corrected chi connectivity index (χ3v) is 4.51. The molecule has 1 atom stereocenters. The molecule has 0 bridgehead atoms. The Morgan fingerprint density at radius 1 is 0.815 bits per heavy atom. The van der Waals surface area contributed by atoms with E-state index in [4.69, 9.17) is 28.4 Å². The minimum atomic E-state index is -0.671. The average molecular weight is 374 g/mol. The van der Waals surface area contributed by atoms with Crippen molar-refractivity contribution in [2.24, 2.45) is 0 Å². The summed E-state index contributed by atoms with van der Waals surface area (Å²) in [7, 11) is 7.73. The van der Waals surface area contributed by atoms with Gasteiger partial charge in [0, 0.05) is 11.1 Å². The molecule has 0 spiro atoms. The molecule has 3 rings (SSSR count). The van der Waals surface area contributed by atoms with Crippen LogP contribution in [-0.4, -0.2) is 41.5 Å². The molecule has 0 aromatic heterocycles. The van der Waals surface area contributed by atoms with E-state index in [0.717, 1.165) is 16.7 Å². The lowest BCUT2D eigenvalue weighted by Gasteiger charge is -2.29. The number of carbonyl (C=O) groups excluding carboxylic acids is 1. The van der Waals surface area contributed by atoms with Gasteiger partial charge < -0.3 is 28.4 Å². The van der Waals surface area contributed by atoms with Gasteiger partial charge in [0.2, 0.25) is 5.75 Å². The summed E-state index contributed by atoms with van der Waals surface area (Å²) in [4.78, 5) is 12.2. The first-order valence-electron chi connectivity index (χ1n) is 8.31. The molecule has 0 amide bonds. The fourth-order valence-corrected chi connectivity index (χ4v) is 3.30. The van der Waals surface area contributed by atoms with Crippen LogP contribution in [0.15, 0.2) is 24.3 Å². The number of ether oxygens (including phenoxy) is 6. The zero-order valence-electron chi connectivity index (χ0n) is 16.0. The number of fused-ring (bicyclic) bond motifs is 1. The molecule has 2 aromatic carbocycles. The van der Waals surface area contributed by atoms with Crippen LogP contribution in [0.4, 0.5) is 0 Å². The van der Waals surface area contributed by atoms with E-state index in [-0.39, 0.29) is 12.4 Å². The van der Waals surface area contributed by atoms with Crippen LogP contribution in [0.25, 0.3) is 0 Å².